The number of rotatable bonds is 5. The maximum absolute atomic E-state index is 12.4. The van der Waals surface area contributed by atoms with Crippen LogP contribution >= 0.6 is 0 Å². The van der Waals surface area contributed by atoms with Crippen molar-refractivity contribution >= 4 is 18.0 Å². The van der Waals surface area contributed by atoms with Crippen molar-refractivity contribution in [2.24, 2.45) is 0 Å². The van der Waals surface area contributed by atoms with Gasteiger partial charge < -0.3 is 14.7 Å². The van der Waals surface area contributed by atoms with Gasteiger partial charge in [0.25, 0.3) is 0 Å². The highest BCUT2D eigenvalue weighted by molar-refractivity contribution is 5.84. The third kappa shape index (κ3) is 3.71. The average molecular weight is 358 g/mol. The van der Waals surface area contributed by atoms with Gasteiger partial charge in [-0.05, 0) is 17.5 Å². The molecule has 1 aromatic rings. The second kappa shape index (κ2) is 7.59. The van der Waals surface area contributed by atoms with E-state index in [4.69, 9.17) is 4.74 Å². The highest BCUT2D eigenvalue weighted by atomic mass is 16.6. The van der Waals surface area contributed by atoms with Crippen LogP contribution in [0.5, 0.6) is 0 Å². The van der Waals surface area contributed by atoms with Crippen molar-refractivity contribution in [2.75, 3.05) is 6.54 Å². The van der Waals surface area contributed by atoms with Crippen LogP contribution < -0.4 is 0 Å². The van der Waals surface area contributed by atoms with Gasteiger partial charge in [0.05, 0.1) is 6.54 Å². The topological polar surface area (TPSA) is 87.2 Å². The van der Waals surface area contributed by atoms with Gasteiger partial charge in [0.1, 0.15) is 12.1 Å². The van der Waals surface area contributed by atoms with Gasteiger partial charge in [0.15, 0.2) is 0 Å². The van der Waals surface area contributed by atoms with Gasteiger partial charge in [0.2, 0.25) is 5.91 Å². The van der Waals surface area contributed by atoms with E-state index in [0.29, 0.717) is 19.5 Å². The minimum absolute atomic E-state index is 0.111. The molecule has 2 amide bonds. The molecule has 1 saturated heterocycles. The van der Waals surface area contributed by atoms with Crippen LogP contribution in [0.3, 0.4) is 0 Å². The van der Waals surface area contributed by atoms with Gasteiger partial charge in [0, 0.05) is 25.9 Å². The zero-order chi connectivity index (χ0) is 18.7. The Morgan fingerprint density at radius 2 is 1.88 bits per heavy atom. The van der Waals surface area contributed by atoms with Crippen LogP contribution in [0.2, 0.25) is 0 Å². The molecule has 1 N–H and O–H groups in total. The lowest BCUT2D eigenvalue weighted by molar-refractivity contribution is -0.148. The van der Waals surface area contributed by atoms with Crippen LogP contribution in [-0.2, 0) is 27.4 Å². The molecular weight excluding hydrogens is 336 g/mol. The van der Waals surface area contributed by atoms with Crippen LogP contribution in [0.15, 0.2) is 36.9 Å². The number of carbonyl (C=O) groups is 3. The van der Waals surface area contributed by atoms with Gasteiger partial charge in [-0.2, -0.15) is 0 Å². The summed E-state index contributed by atoms with van der Waals surface area (Å²) >= 11 is 0. The fraction of sp³-hybridized carbons (Fsp3) is 0.421. The van der Waals surface area contributed by atoms with E-state index < -0.39 is 24.2 Å². The first kappa shape index (κ1) is 18.0. The Bertz CT molecular complexity index is 707. The minimum atomic E-state index is -1.08. The zero-order valence-corrected chi connectivity index (χ0v) is 14.5. The predicted octanol–water partition coefficient (Wildman–Crippen LogP) is 2.16. The Morgan fingerprint density at radius 3 is 2.46 bits per heavy atom. The van der Waals surface area contributed by atoms with Gasteiger partial charge in [-0.1, -0.05) is 30.3 Å². The number of aliphatic carboxylic acids is 1. The van der Waals surface area contributed by atoms with Crippen molar-refractivity contribution in [3.63, 3.8) is 0 Å². The fourth-order valence-corrected chi connectivity index (χ4v) is 3.44. The van der Waals surface area contributed by atoms with Gasteiger partial charge in [-0.15, -0.1) is 6.58 Å². The predicted molar refractivity (Wildman–Crippen MR) is 93.1 cm³/mol. The molecule has 0 saturated carbocycles. The molecule has 2 aliphatic rings. The molecule has 0 radical (unpaired) electrons. The lowest BCUT2D eigenvalue weighted by Crippen LogP contribution is -2.40. The highest BCUT2D eigenvalue weighted by Gasteiger charge is 2.41. The number of ether oxygens (including phenoxy) is 1. The third-order valence-electron chi connectivity index (χ3n) is 4.80. The number of likely N-dealkylation sites (tertiary alicyclic amines) is 1. The van der Waals surface area contributed by atoms with E-state index in [0.717, 1.165) is 11.1 Å². The highest BCUT2D eigenvalue weighted by Crippen LogP contribution is 2.26. The van der Waals surface area contributed by atoms with Crippen LogP contribution in [0.1, 0.15) is 30.4 Å². The number of allylic oxidation sites excluding steroid dienone is 1. The minimum Gasteiger partial charge on any atom is -0.480 e. The molecule has 26 heavy (non-hydrogen) atoms. The molecule has 7 nitrogen and oxygen atoms in total. The van der Waals surface area contributed by atoms with Crippen molar-refractivity contribution in [3.8, 4) is 0 Å². The number of fused-ring (bicyclic) bond motifs is 1. The molecule has 0 aliphatic carbocycles. The Labute approximate surface area is 151 Å². The maximum atomic E-state index is 12.4. The van der Waals surface area contributed by atoms with Gasteiger partial charge in [-0.25, -0.2) is 9.59 Å². The Kier molecular flexibility index (Phi) is 5.25. The molecule has 0 spiro atoms. The fourth-order valence-electron chi connectivity index (χ4n) is 3.44. The first-order chi connectivity index (χ1) is 12.5. The Morgan fingerprint density at radius 1 is 1.23 bits per heavy atom. The normalized spacial score (nSPS) is 21.4. The van der Waals surface area contributed by atoms with Crippen LogP contribution in [0.25, 0.3) is 0 Å². The second-order valence-corrected chi connectivity index (χ2v) is 6.59. The molecule has 138 valence electrons. The lowest BCUT2D eigenvalue weighted by atomic mass is 10.1. The van der Waals surface area contributed by atoms with E-state index >= 15 is 0 Å². The smallest absolute Gasteiger partial charge is 0.410 e. The van der Waals surface area contributed by atoms with Crippen LogP contribution in [0.4, 0.5) is 4.79 Å². The summed E-state index contributed by atoms with van der Waals surface area (Å²) in [4.78, 5) is 39.0. The van der Waals surface area contributed by atoms with E-state index in [1.54, 1.807) is 11.0 Å². The third-order valence-corrected chi connectivity index (χ3v) is 4.80. The van der Waals surface area contributed by atoms with E-state index in [-0.39, 0.29) is 25.3 Å². The number of nitrogens with zero attached hydrogens (tertiary/aromatic N) is 2. The molecule has 3 rings (SSSR count). The number of carboxylic acid groups (broad SMARTS) is 1. The summed E-state index contributed by atoms with van der Waals surface area (Å²) in [6.45, 7) is 4.63. The van der Waals surface area contributed by atoms with Crippen LogP contribution in [-0.4, -0.2) is 51.6 Å². The second-order valence-electron chi connectivity index (χ2n) is 6.59. The molecule has 2 aliphatic heterocycles. The number of amides is 2. The number of hydrogen-bond donors (Lipinski definition) is 1. The van der Waals surface area contributed by atoms with Crippen LogP contribution in [0, 0.1) is 0 Å². The van der Waals surface area contributed by atoms with E-state index in [1.165, 1.54) is 4.90 Å². The number of hydrogen-bond acceptors (Lipinski definition) is 4. The summed E-state index contributed by atoms with van der Waals surface area (Å²) in [5, 5.41) is 9.37. The standard InChI is InChI=1S/C19H22N2O5/c1-2-3-8-17(22)21-12-15(9-16(21)18(23)24)26-19(25)20-10-13-6-4-5-7-14(13)11-20/h2,4-7,15-16H,1,3,8-12H2,(H,23,24)/t15-,16+/m1/s1. The van der Waals surface area contributed by atoms with Crippen molar-refractivity contribution in [3.05, 3.63) is 48.0 Å². The lowest BCUT2D eigenvalue weighted by Gasteiger charge is -2.21. The number of benzene rings is 1. The molecule has 1 fully saturated rings. The van der Waals surface area contributed by atoms with E-state index in [1.807, 2.05) is 24.3 Å². The van der Waals surface area contributed by atoms with Crippen molar-refractivity contribution in [2.45, 2.75) is 44.5 Å². The summed E-state index contributed by atoms with van der Waals surface area (Å²) in [6, 6.07) is 6.84. The monoisotopic (exact) mass is 358 g/mol. The molecule has 0 aromatic heterocycles. The summed E-state index contributed by atoms with van der Waals surface area (Å²) in [7, 11) is 0. The average Bonchev–Trinajstić information content (AvgIpc) is 3.23. The molecular formula is C19H22N2O5. The number of carboxylic acids is 1. The molecule has 2 atom stereocenters. The summed E-state index contributed by atoms with van der Waals surface area (Å²) in [5.41, 5.74) is 2.17. The van der Waals surface area contributed by atoms with Gasteiger partial charge in [-0.3, -0.25) is 9.69 Å². The SMILES string of the molecule is C=CCCC(=O)N1C[C@H](OC(=O)N2Cc3ccccc3C2)C[C@H]1C(=O)O. The van der Waals surface area contributed by atoms with E-state index in [9.17, 15) is 19.5 Å². The molecule has 0 unspecified atom stereocenters. The Balaban J connectivity index is 1.60. The molecule has 7 heteroatoms. The summed E-state index contributed by atoms with van der Waals surface area (Å²) < 4.78 is 5.50. The van der Waals surface area contributed by atoms with Crippen molar-refractivity contribution < 1.29 is 24.2 Å². The maximum Gasteiger partial charge on any atom is 0.410 e. The van der Waals surface area contributed by atoms with E-state index in [2.05, 4.69) is 6.58 Å². The molecule has 0 bridgehead atoms. The summed E-state index contributed by atoms with van der Waals surface area (Å²) in [6.07, 6.45) is 1.33. The Hall–Kier alpha value is -2.83. The molecule has 2 heterocycles. The first-order valence-electron chi connectivity index (χ1n) is 8.65. The molecule has 1 aromatic carbocycles. The first-order valence-corrected chi connectivity index (χ1v) is 8.65. The van der Waals surface area contributed by atoms with Crippen molar-refractivity contribution in [1.29, 1.82) is 0 Å². The quantitative estimate of drug-likeness (QED) is 0.815. The van der Waals surface area contributed by atoms with Gasteiger partial charge >= 0.3 is 12.1 Å². The number of carbonyl (C=O) groups excluding carboxylic acids is 2. The largest absolute Gasteiger partial charge is 0.480 e. The van der Waals surface area contributed by atoms with Crippen molar-refractivity contribution in [1.82, 2.24) is 9.80 Å². The zero-order valence-electron chi connectivity index (χ0n) is 14.5. The summed E-state index contributed by atoms with van der Waals surface area (Å²) in [5.74, 6) is -1.34.